The molecule has 2 heterocycles. The van der Waals surface area contributed by atoms with Crippen LogP contribution in [-0.4, -0.2) is 25.3 Å². The number of amides is 1. The first kappa shape index (κ1) is 16.0. The molecule has 4 rings (SSSR count). The van der Waals surface area contributed by atoms with E-state index in [0.29, 0.717) is 22.7 Å². The van der Waals surface area contributed by atoms with Gasteiger partial charge < -0.3 is 19.5 Å². The number of fused-ring (bicyclic) bond motifs is 2. The van der Waals surface area contributed by atoms with E-state index >= 15 is 0 Å². The first-order chi connectivity index (χ1) is 12.2. The molecule has 0 bridgehead atoms. The van der Waals surface area contributed by atoms with Crippen LogP contribution in [0.4, 0.5) is 5.69 Å². The zero-order chi connectivity index (χ0) is 17.2. The van der Waals surface area contributed by atoms with Gasteiger partial charge in [0.05, 0.1) is 5.56 Å². The molecule has 0 unspecified atom stereocenters. The van der Waals surface area contributed by atoms with E-state index in [0.717, 1.165) is 24.8 Å². The van der Waals surface area contributed by atoms with Crippen LogP contribution in [0.1, 0.15) is 33.6 Å². The number of benzene rings is 1. The fourth-order valence-corrected chi connectivity index (χ4v) is 4.16. The molecule has 0 atom stereocenters. The van der Waals surface area contributed by atoms with Gasteiger partial charge in [0.25, 0.3) is 5.91 Å². The number of hydrogen-bond donors (Lipinski definition) is 1. The van der Waals surface area contributed by atoms with Crippen LogP contribution in [0, 0.1) is 0 Å². The van der Waals surface area contributed by atoms with Crippen LogP contribution in [0.3, 0.4) is 0 Å². The van der Waals surface area contributed by atoms with E-state index < -0.39 is 11.9 Å². The number of carbonyl (C=O) groups is 2. The van der Waals surface area contributed by atoms with Crippen molar-refractivity contribution >= 4 is 28.9 Å². The lowest BCUT2D eigenvalue weighted by molar-refractivity contribution is -0.119. The molecule has 25 heavy (non-hydrogen) atoms. The van der Waals surface area contributed by atoms with Crippen LogP contribution in [0.2, 0.25) is 0 Å². The lowest BCUT2D eigenvalue weighted by atomic mass is 9.96. The van der Waals surface area contributed by atoms with Crippen LogP contribution in [0.5, 0.6) is 11.5 Å². The predicted molar refractivity (Wildman–Crippen MR) is 92.4 cm³/mol. The first-order valence-electron chi connectivity index (χ1n) is 8.16. The normalized spacial score (nSPS) is 14.7. The summed E-state index contributed by atoms with van der Waals surface area (Å²) in [5.41, 5.74) is 2.27. The summed E-state index contributed by atoms with van der Waals surface area (Å²) < 4.78 is 15.7. The van der Waals surface area contributed by atoms with Crippen LogP contribution in [0.25, 0.3) is 0 Å². The van der Waals surface area contributed by atoms with Gasteiger partial charge in [-0.2, -0.15) is 0 Å². The molecule has 0 fully saturated rings. The zero-order valence-electron chi connectivity index (χ0n) is 13.5. The molecule has 0 spiro atoms. The second-order valence-electron chi connectivity index (χ2n) is 5.95. The molecule has 1 aliphatic heterocycles. The largest absolute Gasteiger partial charge is 0.454 e. The Bertz CT molecular complexity index is 829. The summed E-state index contributed by atoms with van der Waals surface area (Å²) in [4.78, 5) is 25.5. The Morgan fingerprint density at radius 1 is 1.16 bits per heavy atom. The average Bonchev–Trinajstić information content (AvgIpc) is 3.26. The van der Waals surface area contributed by atoms with Gasteiger partial charge in [0, 0.05) is 22.0 Å². The molecular formula is C18H17NO5S. The summed E-state index contributed by atoms with van der Waals surface area (Å²) in [6.07, 6.45) is 4.19. The Labute approximate surface area is 148 Å². The Morgan fingerprint density at radius 3 is 2.92 bits per heavy atom. The van der Waals surface area contributed by atoms with Gasteiger partial charge in [0.1, 0.15) is 0 Å². The summed E-state index contributed by atoms with van der Waals surface area (Å²) in [5, 5.41) is 4.53. The summed E-state index contributed by atoms with van der Waals surface area (Å²) >= 11 is 1.60. The van der Waals surface area contributed by atoms with Crippen molar-refractivity contribution in [3.8, 4) is 11.5 Å². The van der Waals surface area contributed by atoms with Crippen molar-refractivity contribution in [2.45, 2.75) is 25.7 Å². The molecule has 1 aliphatic carbocycles. The van der Waals surface area contributed by atoms with Crippen molar-refractivity contribution in [1.82, 2.24) is 0 Å². The predicted octanol–water partition coefficient (Wildman–Crippen LogP) is 3.15. The van der Waals surface area contributed by atoms with Crippen molar-refractivity contribution in [3.05, 3.63) is 39.6 Å². The maximum atomic E-state index is 12.3. The SMILES string of the molecule is O=C(COC(=O)c1csc2c1CCCC2)Nc1ccc2c(c1)OCO2. The third kappa shape index (κ3) is 3.32. The maximum absolute atomic E-state index is 12.3. The molecule has 0 saturated carbocycles. The molecule has 1 amide bonds. The smallest absolute Gasteiger partial charge is 0.339 e. The molecule has 0 radical (unpaired) electrons. The molecule has 1 aromatic carbocycles. The van der Waals surface area contributed by atoms with Gasteiger partial charge in [-0.05, 0) is 43.4 Å². The molecule has 1 aromatic heterocycles. The highest BCUT2D eigenvalue weighted by Gasteiger charge is 2.22. The van der Waals surface area contributed by atoms with Gasteiger partial charge in [-0.25, -0.2) is 4.79 Å². The topological polar surface area (TPSA) is 73.9 Å². The molecule has 2 aromatic rings. The van der Waals surface area contributed by atoms with Crippen LogP contribution in [-0.2, 0) is 22.4 Å². The molecule has 0 saturated heterocycles. The third-order valence-electron chi connectivity index (χ3n) is 4.27. The Morgan fingerprint density at radius 2 is 2.00 bits per heavy atom. The number of hydrogen-bond acceptors (Lipinski definition) is 6. The number of anilines is 1. The van der Waals surface area contributed by atoms with Crippen molar-refractivity contribution in [3.63, 3.8) is 0 Å². The van der Waals surface area contributed by atoms with E-state index in [1.54, 1.807) is 29.5 Å². The van der Waals surface area contributed by atoms with Gasteiger partial charge in [0.15, 0.2) is 18.1 Å². The molecule has 1 N–H and O–H groups in total. The monoisotopic (exact) mass is 359 g/mol. The summed E-state index contributed by atoms with van der Waals surface area (Å²) in [5.74, 6) is 0.405. The number of esters is 1. The maximum Gasteiger partial charge on any atom is 0.339 e. The summed E-state index contributed by atoms with van der Waals surface area (Å²) in [7, 11) is 0. The fraction of sp³-hybridized carbons (Fsp3) is 0.333. The van der Waals surface area contributed by atoms with Crippen molar-refractivity contribution in [2.24, 2.45) is 0 Å². The number of nitrogens with one attached hydrogen (secondary N) is 1. The number of rotatable bonds is 4. The summed E-state index contributed by atoms with van der Waals surface area (Å²) in [6, 6.07) is 5.11. The van der Waals surface area contributed by atoms with Crippen LogP contribution < -0.4 is 14.8 Å². The minimum Gasteiger partial charge on any atom is -0.454 e. The van der Waals surface area contributed by atoms with E-state index in [1.807, 2.05) is 5.38 Å². The van der Waals surface area contributed by atoms with Crippen LogP contribution >= 0.6 is 11.3 Å². The van der Waals surface area contributed by atoms with Gasteiger partial charge in [0.2, 0.25) is 6.79 Å². The van der Waals surface area contributed by atoms with Crippen molar-refractivity contribution in [1.29, 1.82) is 0 Å². The molecule has 2 aliphatic rings. The lowest BCUT2D eigenvalue weighted by Gasteiger charge is -2.12. The minimum atomic E-state index is -0.430. The van der Waals surface area contributed by atoms with Crippen molar-refractivity contribution in [2.75, 3.05) is 18.7 Å². The van der Waals surface area contributed by atoms with Crippen molar-refractivity contribution < 1.29 is 23.8 Å². The van der Waals surface area contributed by atoms with E-state index in [9.17, 15) is 9.59 Å². The second-order valence-corrected chi connectivity index (χ2v) is 6.91. The first-order valence-corrected chi connectivity index (χ1v) is 9.04. The van der Waals surface area contributed by atoms with Gasteiger partial charge in [-0.3, -0.25) is 4.79 Å². The quantitative estimate of drug-likeness (QED) is 0.849. The Balaban J connectivity index is 1.34. The van der Waals surface area contributed by atoms with E-state index in [-0.39, 0.29) is 13.4 Å². The molecule has 6 nitrogen and oxygen atoms in total. The lowest BCUT2D eigenvalue weighted by Crippen LogP contribution is -2.21. The average molecular weight is 359 g/mol. The fourth-order valence-electron chi connectivity index (χ4n) is 3.05. The summed E-state index contributed by atoms with van der Waals surface area (Å²) in [6.45, 7) is -0.146. The number of thiophene rings is 1. The molecular weight excluding hydrogens is 342 g/mol. The minimum absolute atomic E-state index is 0.176. The number of aryl methyl sites for hydroxylation is 1. The highest BCUT2D eigenvalue weighted by Crippen LogP contribution is 2.34. The number of ether oxygens (including phenoxy) is 3. The van der Waals surface area contributed by atoms with E-state index in [2.05, 4.69) is 5.32 Å². The van der Waals surface area contributed by atoms with E-state index in [4.69, 9.17) is 14.2 Å². The zero-order valence-corrected chi connectivity index (χ0v) is 14.3. The highest BCUT2D eigenvalue weighted by molar-refractivity contribution is 7.10. The van der Waals surface area contributed by atoms with Crippen LogP contribution in [0.15, 0.2) is 23.6 Å². The Kier molecular flexibility index (Phi) is 4.31. The second kappa shape index (κ2) is 6.76. The van der Waals surface area contributed by atoms with Gasteiger partial charge in [-0.15, -0.1) is 11.3 Å². The highest BCUT2D eigenvalue weighted by atomic mass is 32.1. The van der Waals surface area contributed by atoms with Gasteiger partial charge in [-0.1, -0.05) is 0 Å². The molecule has 7 heteroatoms. The van der Waals surface area contributed by atoms with Gasteiger partial charge >= 0.3 is 5.97 Å². The van der Waals surface area contributed by atoms with E-state index in [1.165, 1.54) is 11.3 Å². The third-order valence-corrected chi connectivity index (χ3v) is 5.36. The Hall–Kier alpha value is -2.54. The molecule has 130 valence electrons. The standard InChI is InChI=1S/C18H17NO5S/c20-17(19-11-5-6-14-15(7-11)24-10-23-14)8-22-18(21)13-9-25-16-4-2-1-3-12(13)16/h5-7,9H,1-4,8,10H2,(H,19,20). The number of carbonyl (C=O) groups excluding carboxylic acids is 2.